The van der Waals surface area contributed by atoms with E-state index in [4.69, 9.17) is 16.3 Å². The molecule has 0 spiro atoms. The summed E-state index contributed by atoms with van der Waals surface area (Å²) in [5, 5.41) is 3.12. The van der Waals surface area contributed by atoms with Crippen LogP contribution in [-0.2, 0) is 6.42 Å². The van der Waals surface area contributed by atoms with Gasteiger partial charge in [0.05, 0.1) is 11.3 Å². The number of pyridine rings is 1. The fraction of sp³-hybridized carbons (Fsp3) is 0.368. The summed E-state index contributed by atoms with van der Waals surface area (Å²) in [5.41, 5.74) is 2.01. The van der Waals surface area contributed by atoms with Crippen molar-refractivity contribution in [1.29, 1.82) is 0 Å². The number of anilines is 1. The van der Waals surface area contributed by atoms with Crippen LogP contribution < -0.4 is 10.1 Å². The second-order valence-electron chi connectivity index (χ2n) is 6.08. The maximum atomic E-state index is 12.5. The van der Waals surface area contributed by atoms with Crippen LogP contribution in [0.4, 0.5) is 5.69 Å². The summed E-state index contributed by atoms with van der Waals surface area (Å²) >= 11 is 6.02. The molecule has 126 valence electrons. The average Bonchev–Trinajstić information content (AvgIpc) is 2.62. The first kappa shape index (κ1) is 16.8. The Morgan fingerprint density at radius 3 is 2.79 bits per heavy atom. The third-order valence-electron chi connectivity index (χ3n) is 4.81. The molecule has 0 radical (unpaired) electrons. The lowest BCUT2D eigenvalue weighted by Gasteiger charge is -2.38. The van der Waals surface area contributed by atoms with E-state index in [9.17, 15) is 4.79 Å². The molecule has 0 saturated carbocycles. The number of aromatic nitrogens is 1. The summed E-state index contributed by atoms with van der Waals surface area (Å²) in [4.78, 5) is 16.5. The molecule has 0 aliphatic carbocycles. The topological polar surface area (TPSA) is 51.2 Å². The quantitative estimate of drug-likeness (QED) is 0.805. The summed E-state index contributed by atoms with van der Waals surface area (Å²) in [6.45, 7) is 4.29. The number of aryl methyl sites for hydroxylation is 1. The van der Waals surface area contributed by atoms with Gasteiger partial charge in [0.25, 0.3) is 5.91 Å². The van der Waals surface area contributed by atoms with Crippen molar-refractivity contribution in [2.24, 2.45) is 0 Å². The lowest BCUT2D eigenvalue weighted by Crippen LogP contribution is -2.38. The van der Waals surface area contributed by atoms with Crippen LogP contribution in [0.3, 0.4) is 0 Å². The van der Waals surface area contributed by atoms with Crippen molar-refractivity contribution in [2.75, 3.05) is 5.32 Å². The predicted octanol–water partition coefficient (Wildman–Crippen LogP) is 4.87. The predicted molar refractivity (Wildman–Crippen MR) is 95.9 cm³/mol. The Morgan fingerprint density at radius 1 is 1.29 bits per heavy atom. The number of hydrogen-bond acceptors (Lipinski definition) is 3. The van der Waals surface area contributed by atoms with Gasteiger partial charge in [-0.2, -0.15) is 0 Å². The molecule has 24 heavy (non-hydrogen) atoms. The lowest BCUT2D eigenvalue weighted by atomic mass is 9.86. The highest BCUT2D eigenvalue weighted by atomic mass is 35.5. The van der Waals surface area contributed by atoms with Gasteiger partial charge in [0.1, 0.15) is 16.5 Å². The van der Waals surface area contributed by atoms with Gasteiger partial charge >= 0.3 is 0 Å². The van der Waals surface area contributed by atoms with Crippen LogP contribution >= 0.6 is 11.6 Å². The summed E-state index contributed by atoms with van der Waals surface area (Å²) < 4.78 is 6.35. The number of benzene rings is 1. The Labute approximate surface area is 147 Å². The van der Waals surface area contributed by atoms with Crippen LogP contribution in [-0.4, -0.2) is 16.5 Å². The van der Waals surface area contributed by atoms with Gasteiger partial charge in [-0.3, -0.25) is 4.79 Å². The van der Waals surface area contributed by atoms with Gasteiger partial charge < -0.3 is 10.1 Å². The zero-order chi connectivity index (χ0) is 17.2. The first-order valence-electron chi connectivity index (χ1n) is 8.31. The summed E-state index contributed by atoms with van der Waals surface area (Å²) in [6.07, 6.45) is 5.40. The Kier molecular flexibility index (Phi) is 4.76. The van der Waals surface area contributed by atoms with Gasteiger partial charge in [-0.25, -0.2) is 4.98 Å². The number of fused-ring (bicyclic) bond motifs is 1. The first-order chi connectivity index (χ1) is 11.6. The van der Waals surface area contributed by atoms with E-state index in [1.54, 1.807) is 18.3 Å². The maximum absolute atomic E-state index is 12.5. The van der Waals surface area contributed by atoms with Crippen LogP contribution in [0.2, 0.25) is 5.15 Å². The molecule has 3 rings (SSSR count). The van der Waals surface area contributed by atoms with Gasteiger partial charge in [0, 0.05) is 6.20 Å². The first-order valence-corrected chi connectivity index (χ1v) is 8.69. The number of nitrogens with one attached hydrogen (secondary N) is 1. The Bertz CT molecular complexity index is 757. The fourth-order valence-corrected chi connectivity index (χ4v) is 3.33. The lowest BCUT2D eigenvalue weighted by molar-refractivity contribution is 0.0391. The molecule has 1 aromatic carbocycles. The zero-order valence-corrected chi connectivity index (χ0v) is 14.7. The second-order valence-corrected chi connectivity index (χ2v) is 6.44. The van der Waals surface area contributed by atoms with Crippen LogP contribution in [0.25, 0.3) is 0 Å². The summed E-state index contributed by atoms with van der Waals surface area (Å²) in [6, 6.07) is 9.20. The number of hydrogen-bond donors (Lipinski definition) is 1. The molecule has 0 atom stereocenters. The molecule has 0 unspecified atom stereocenters. The average molecular weight is 345 g/mol. The minimum atomic E-state index is -0.283. The van der Waals surface area contributed by atoms with Crippen molar-refractivity contribution in [3.8, 4) is 5.75 Å². The Morgan fingerprint density at radius 2 is 2.08 bits per heavy atom. The van der Waals surface area contributed by atoms with E-state index in [0.29, 0.717) is 11.3 Å². The number of ether oxygens (including phenoxy) is 1. The highest BCUT2D eigenvalue weighted by molar-refractivity contribution is 6.33. The summed E-state index contributed by atoms with van der Waals surface area (Å²) in [5.74, 6) is 0.495. The standard InChI is InChI=1S/C19H21ClN2O2/c1-3-19(4-2)11-10-13-7-5-9-15(16(13)24-19)22-18(23)14-8-6-12-21-17(14)20/h5-9,12H,3-4,10-11H2,1-2H3,(H,22,23). The van der Waals surface area contributed by atoms with Crippen molar-refractivity contribution in [3.05, 3.63) is 52.8 Å². The summed E-state index contributed by atoms with van der Waals surface area (Å²) in [7, 11) is 0. The molecule has 4 nitrogen and oxygen atoms in total. The van der Waals surface area contributed by atoms with E-state index < -0.39 is 0 Å². The van der Waals surface area contributed by atoms with E-state index >= 15 is 0 Å². The van der Waals surface area contributed by atoms with Gasteiger partial charge in [-0.15, -0.1) is 0 Å². The largest absolute Gasteiger partial charge is 0.485 e. The molecule has 2 heterocycles. The van der Waals surface area contributed by atoms with Crippen LogP contribution in [0.1, 0.15) is 49.0 Å². The molecule has 1 aliphatic rings. The zero-order valence-electron chi connectivity index (χ0n) is 13.9. The van der Waals surface area contributed by atoms with Crippen LogP contribution in [0, 0.1) is 0 Å². The monoisotopic (exact) mass is 344 g/mol. The number of amides is 1. The molecular weight excluding hydrogens is 324 g/mol. The number of nitrogens with zero attached hydrogens (tertiary/aromatic N) is 1. The van der Waals surface area contributed by atoms with Gasteiger partial charge in [0.2, 0.25) is 0 Å². The molecule has 0 saturated heterocycles. The molecule has 1 aromatic heterocycles. The highest BCUT2D eigenvalue weighted by Gasteiger charge is 2.34. The number of halogens is 1. The minimum Gasteiger partial charge on any atom is -0.485 e. The third-order valence-corrected chi connectivity index (χ3v) is 5.11. The third kappa shape index (κ3) is 3.11. The maximum Gasteiger partial charge on any atom is 0.258 e. The molecule has 0 fully saturated rings. The molecule has 2 aromatic rings. The van der Waals surface area contributed by atoms with Gasteiger partial charge in [-0.1, -0.05) is 37.6 Å². The molecule has 0 bridgehead atoms. The van der Waals surface area contributed by atoms with E-state index in [1.165, 1.54) is 0 Å². The van der Waals surface area contributed by atoms with Gasteiger partial charge in [0.15, 0.2) is 0 Å². The molecule has 1 amide bonds. The fourth-order valence-electron chi connectivity index (χ4n) is 3.12. The normalized spacial score (nSPS) is 15.3. The van der Waals surface area contributed by atoms with Crippen molar-refractivity contribution < 1.29 is 9.53 Å². The van der Waals surface area contributed by atoms with Gasteiger partial charge in [-0.05, 0) is 49.4 Å². The number of para-hydroxylation sites is 1. The van der Waals surface area contributed by atoms with Crippen molar-refractivity contribution in [1.82, 2.24) is 4.98 Å². The number of rotatable bonds is 4. The van der Waals surface area contributed by atoms with E-state index in [-0.39, 0.29) is 16.7 Å². The van der Waals surface area contributed by atoms with Crippen molar-refractivity contribution >= 4 is 23.2 Å². The molecule has 1 aliphatic heterocycles. The smallest absolute Gasteiger partial charge is 0.258 e. The van der Waals surface area contributed by atoms with E-state index in [0.717, 1.165) is 37.0 Å². The van der Waals surface area contributed by atoms with Crippen molar-refractivity contribution in [3.63, 3.8) is 0 Å². The molecule has 1 N–H and O–H groups in total. The van der Waals surface area contributed by atoms with E-state index in [1.807, 2.05) is 12.1 Å². The van der Waals surface area contributed by atoms with Crippen molar-refractivity contribution in [2.45, 2.75) is 45.1 Å². The number of carbonyl (C=O) groups excluding carboxylic acids is 1. The Hall–Kier alpha value is -2.07. The van der Waals surface area contributed by atoms with Crippen LogP contribution in [0.5, 0.6) is 5.75 Å². The van der Waals surface area contributed by atoms with Crippen LogP contribution in [0.15, 0.2) is 36.5 Å². The highest BCUT2D eigenvalue weighted by Crippen LogP contribution is 2.41. The SMILES string of the molecule is CCC1(CC)CCc2cccc(NC(=O)c3cccnc3Cl)c2O1. The number of carbonyl (C=O) groups is 1. The Balaban J connectivity index is 1.91. The minimum absolute atomic E-state index is 0.153. The second kappa shape index (κ2) is 6.81. The molecule has 5 heteroatoms. The molecular formula is C19H21ClN2O2. The van der Waals surface area contributed by atoms with E-state index in [2.05, 4.69) is 30.2 Å².